The summed E-state index contributed by atoms with van der Waals surface area (Å²) in [5.41, 5.74) is 1.98. The van der Waals surface area contributed by atoms with E-state index in [1.807, 2.05) is 77.0 Å². The Bertz CT molecular complexity index is 1080. The van der Waals surface area contributed by atoms with Gasteiger partial charge < -0.3 is 15.0 Å². The Morgan fingerprint density at radius 3 is 2.32 bits per heavy atom. The molecule has 3 aromatic rings. The first kappa shape index (κ1) is 31.1. The van der Waals surface area contributed by atoms with Crippen molar-refractivity contribution in [1.82, 2.24) is 15.3 Å². The summed E-state index contributed by atoms with van der Waals surface area (Å²) in [5.74, 6) is 4.29. The highest BCUT2D eigenvalue weighted by Gasteiger charge is 2.17. The van der Waals surface area contributed by atoms with Crippen molar-refractivity contribution >= 4 is 39.9 Å². The van der Waals surface area contributed by atoms with Crippen LogP contribution in [0.25, 0.3) is 10.9 Å². The van der Waals surface area contributed by atoms with Crippen LogP contribution in [-0.2, 0) is 0 Å². The van der Waals surface area contributed by atoms with Crippen molar-refractivity contribution in [2.24, 2.45) is 11.8 Å². The minimum atomic E-state index is 0.585. The topological polar surface area (TPSA) is 50.3 Å². The van der Waals surface area contributed by atoms with Gasteiger partial charge in [0, 0.05) is 31.0 Å². The number of hydrogen-bond donors (Lipinski definition) is 1. The fraction of sp³-hybridized carbons (Fsp3) is 0.533. The van der Waals surface area contributed by atoms with Gasteiger partial charge >= 0.3 is 0 Å². The number of halogens is 2. The molecular weight excluding hydrogens is 503 g/mol. The van der Waals surface area contributed by atoms with E-state index in [1.165, 1.54) is 25.7 Å². The number of aryl methyl sites for hydroxylation is 2. The van der Waals surface area contributed by atoms with E-state index in [2.05, 4.69) is 22.2 Å². The average molecular weight is 548 g/mol. The van der Waals surface area contributed by atoms with Crippen molar-refractivity contribution in [1.29, 1.82) is 0 Å². The first-order valence-electron chi connectivity index (χ1n) is 13.4. The molecule has 204 valence electrons. The second kappa shape index (κ2) is 16.0. The van der Waals surface area contributed by atoms with Gasteiger partial charge in [-0.2, -0.15) is 0 Å². The Balaban J connectivity index is 0.000000260. The van der Waals surface area contributed by atoms with E-state index in [4.69, 9.17) is 27.9 Å². The minimum absolute atomic E-state index is 0.585. The zero-order valence-corrected chi connectivity index (χ0v) is 25.1. The predicted molar refractivity (Wildman–Crippen MR) is 161 cm³/mol. The largest absolute Gasteiger partial charge is 0.490 e. The maximum atomic E-state index is 6.15. The highest BCUT2D eigenvalue weighted by atomic mass is 35.5. The molecule has 1 N–H and O–H groups in total. The van der Waals surface area contributed by atoms with Crippen molar-refractivity contribution in [2.45, 2.75) is 60.3 Å². The van der Waals surface area contributed by atoms with E-state index < -0.39 is 0 Å². The third-order valence-electron chi connectivity index (χ3n) is 6.41. The fourth-order valence-electron chi connectivity index (χ4n) is 4.45. The van der Waals surface area contributed by atoms with E-state index in [1.54, 1.807) is 6.07 Å². The maximum absolute atomic E-state index is 6.15. The van der Waals surface area contributed by atoms with Gasteiger partial charge in [-0.3, -0.25) is 0 Å². The molecule has 0 aliphatic heterocycles. The van der Waals surface area contributed by atoms with Crippen LogP contribution in [0.15, 0.2) is 36.4 Å². The summed E-state index contributed by atoms with van der Waals surface area (Å²) >= 11 is 12.1. The second-order valence-corrected chi connectivity index (χ2v) is 10.6. The van der Waals surface area contributed by atoms with Gasteiger partial charge in [0.1, 0.15) is 24.0 Å². The molecule has 37 heavy (non-hydrogen) atoms. The first-order chi connectivity index (χ1) is 17.7. The molecule has 0 spiro atoms. The summed E-state index contributed by atoms with van der Waals surface area (Å²) < 4.78 is 5.78. The van der Waals surface area contributed by atoms with Gasteiger partial charge in [0.2, 0.25) is 0 Å². The van der Waals surface area contributed by atoms with Crippen LogP contribution in [-0.4, -0.2) is 43.8 Å². The molecule has 0 saturated heterocycles. The number of para-hydroxylation sites is 1. The molecular formula is C30H44Cl2N4O. The van der Waals surface area contributed by atoms with Crippen molar-refractivity contribution < 1.29 is 4.74 Å². The van der Waals surface area contributed by atoms with E-state index in [0.29, 0.717) is 16.7 Å². The summed E-state index contributed by atoms with van der Waals surface area (Å²) in [7, 11) is 3.99. The van der Waals surface area contributed by atoms with E-state index in [0.717, 1.165) is 58.8 Å². The molecule has 1 saturated carbocycles. The molecule has 0 radical (unpaired) electrons. The van der Waals surface area contributed by atoms with Crippen molar-refractivity contribution in [3.05, 3.63) is 57.8 Å². The molecule has 0 amide bonds. The molecule has 0 atom stereocenters. The van der Waals surface area contributed by atoms with Crippen LogP contribution >= 0.6 is 23.2 Å². The summed E-state index contributed by atoms with van der Waals surface area (Å²) in [6.45, 7) is 12.8. The Labute approximate surface area is 233 Å². The lowest BCUT2D eigenvalue weighted by Gasteiger charge is -2.26. The van der Waals surface area contributed by atoms with Crippen LogP contribution in [0, 0.1) is 25.7 Å². The van der Waals surface area contributed by atoms with Gasteiger partial charge in [0.25, 0.3) is 0 Å². The Kier molecular flexibility index (Phi) is 13.5. The van der Waals surface area contributed by atoms with Gasteiger partial charge in [0.05, 0.1) is 10.5 Å². The number of nitrogens with zero attached hydrogens (tertiary/aromatic N) is 3. The first-order valence-corrected chi connectivity index (χ1v) is 14.2. The smallest absolute Gasteiger partial charge is 0.140 e. The van der Waals surface area contributed by atoms with Gasteiger partial charge in [-0.15, -0.1) is 0 Å². The summed E-state index contributed by atoms with van der Waals surface area (Å²) in [5, 5.41) is 5.83. The van der Waals surface area contributed by atoms with Crippen LogP contribution in [0.4, 0.5) is 5.82 Å². The Morgan fingerprint density at radius 1 is 1.00 bits per heavy atom. The standard InChI is InChI=1S/C17H25Cl2NO.C11H13N3.C2H6/c1-12-3-5-14(6-4-12)11-20-7-8-21-17-13(2)9-15(18)10-16(17)19;1-8-12-10-7-5-4-6-9(10)11(13-8)14(2)3;1-2/h9-10,12,14,20H,3-8,11H2,1-2H3;4-7H,1-3H3;1-2H3. The highest BCUT2D eigenvalue weighted by molar-refractivity contribution is 6.35. The second-order valence-electron chi connectivity index (χ2n) is 9.72. The van der Waals surface area contributed by atoms with Crippen LogP contribution < -0.4 is 15.0 Å². The predicted octanol–water partition coefficient (Wildman–Crippen LogP) is 8.13. The van der Waals surface area contributed by atoms with Gasteiger partial charge in [-0.25, -0.2) is 9.97 Å². The fourth-order valence-corrected chi connectivity index (χ4v) is 5.10. The molecule has 1 aromatic heterocycles. The number of fused-ring (bicyclic) bond motifs is 1. The number of benzene rings is 2. The van der Waals surface area contributed by atoms with Crippen molar-refractivity contribution in [2.75, 3.05) is 38.7 Å². The molecule has 4 rings (SSSR count). The molecule has 0 unspecified atom stereocenters. The lowest BCUT2D eigenvalue weighted by atomic mass is 9.83. The van der Waals surface area contributed by atoms with E-state index in [9.17, 15) is 0 Å². The van der Waals surface area contributed by atoms with Crippen LogP contribution in [0.5, 0.6) is 5.75 Å². The van der Waals surface area contributed by atoms with Crippen molar-refractivity contribution in [3.8, 4) is 5.75 Å². The zero-order valence-electron chi connectivity index (χ0n) is 23.6. The Hall–Kier alpha value is -2.08. The number of anilines is 1. The average Bonchev–Trinajstić information content (AvgIpc) is 2.87. The number of hydrogen-bond acceptors (Lipinski definition) is 5. The normalized spacial score (nSPS) is 16.8. The SMILES string of the molecule is CC.Cc1cc(Cl)cc(Cl)c1OCCNCC1CCC(C)CC1.Cc1nc(N(C)C)c2ccccc2n1. The third kappa shape index (κ3) is 9.96. The number of ether oxygens (including phenoxy) is 1. The minimum Gasteiger partial charge on any atom is -0.490 e. The Morgan fingerprint density at radius 2 is 1.68 bits per heavy atom. The molecule has 2 aromatic carbocycles. The lowest BCUT2D eigenvalue weighted by molar-refractivity contribution is 0.267. The molecule has 5 nitrogen and oxygen atoms in total. The van der Waals surface area contributed by atoms with Crippen LogP contribution in [0.3, 0.4) is 0 Å². The van der Waals surface area contributed by atoms with Crippen molar-refractivity contribution in [3.63, 3.8) is 0 Å². The third-order valence-corrected chi connectivity index (χ3v) is 6.91. The molecule has 1 aliphatic rings. The van der Waals surface area contributed by atoms with Gasteiger partial charge in [-0.1, -0.05) is 68.9 Å². The van der Waals surface area contributed by atoms with E-state index >= 15 is 0 Å². The molecule has 1 aliphatic carbocycles. The molecule has 7 heteroatoms. The summed E-state index contributed by atoms with van der Waals surface area (Å²) in [4.78, 5) is 10.8. The number of aromatic nitrogens is 2. The zero-order chi connectivity index (χ0) is 27.4. The van der Waals surface area contributed by atoms with Gasteiger partial charge in [0.15, 0.2) is 0 Å². The quantitative estimate of drug-likeness (QED) is 0.303. The molecule has 0 bridgehead atoms. The van der Waals surface area contributed by atoms with E-state index in [-0.39, 0.29) is 0 Å². The van der Waals surface area contributed by atoms with Crippen LogP contribution in [0.2, 0.25) is 10.0 Å². The summed E-state index contributed by atoms with van der Waals surface area (Å²) in [6, 6.07) is 11.7. The van der Waals surface area contributed by atoms with Crippen LogP contribution in [0.1, 0.15) is 57.8 Å². The monoisotopic (exact) mass is 546 g/mol. The number of nitrogens with one attached hydrogen (secondary N) is 1. The lowest BCUT2D eigenvalue weighted by Crippen LogP contribution is -2.29. The molecule has 1 heterocycles. The van der Waals surface area contributed by atoms with Gasteiger partial charge in [-0.05, 0) is 74.9 Å². The summed E-state index contributed by atoms with van der Waals surface area (Å²) in [6.07, 6.45) is 5.47. The number of rotatable bonds is 7. The highest BCUT2D eigenvalue weighted by Crippen LogP contribution is 2.32. The molecule has 1 fully saturated rings. The maximum Gasteiger partial charge on any atom is 0.140 e.